The van der Waals surface area contributed by atoms with Crippen molar-refractivity contribution < 1.29 is 26.8 Å². The van der Waals surface area contributed by atoms with Crippen molar-refractivity contribution in [2.45, 2.75) is 6.92 Å². The lowest BCUT2D eigenvalue weighted by Crippen LogP contribution is -2.38. The monoisotopic (exact) mass is 397 g/mol. The minimum absolute atomic E-state index is 0.253. The first kappa shape index (κ1) is 20.3. The van der Waals surface area contributed by atoms with Crippen molar-refractivity contribution in [3.05, 3.63) is 54.1 Å². The molecule has 0 spiro atoms. The first-order chi connectivity index (χ1) is 12.6. The van der Waals surface area contributed by atoms with E-state index >= 15 is 0 Å². The topological polar surface area (TPSA) is 95.6 Å². The van der Waals surface area contributed by atoms with Crippen molar-refractivity contribution in [3.8, 4) is 0 Å². The zero-order valence-corrected chi connectivity index (χ0v) is 15.3. The average Bonchev–Trinajstić information content (AvgIpc) is 2.54. The minimum atomic E-state index is -4.00. The SMILES string of the molecule is CC(=O)Nc1ccc(NC(=O)CN(c2ccc(F)cc2F)S(C)(=O)=O)cc1. The van der Waals surface area contributed by atoms with Crippen LogP contribution < -0.4 is 14.9 Å². The van der Waals surface area contributed by atoms with Crippen LogP contribution in [0.3, 0.4) is 0 Å². The van der Waals surface area contributed by atoms with Crippen LogP contribution in [0.2, 0.25) is 0 Å². The molecule has 2 aromatic rings. The lowest BCUT2D eigenvalue weighted by Gasteiger charge is -2.22. The van der Waals surface area contributed by atoms with E-state index in [0.717, 1.165) is 18.4 Å². The van der Waals surface area contributed by atoms with E-state index in [0.29, 0.717) is 21.7 Å². The summed E-state index contributed by atoms with van der Waals surface area (Å²) < 4.78 is 51.4. The van der Waals surface area contributed by atoms with Gasteiger partial charge in [-0.05, 0) is 36.4 Å². The second-order valence-electron chi connectivity index (χ2n) is 5.67. The summed E-state index contributed by atoms with van der Waals surface area (Å²) in [5.41, 5.74) is 0.434. The molecule has 0 aliphatic rings. The van der Waals surface area contributed by atoms with Crippen LogP contribution in [-0.4, -0.2) is 33.0 Å². The Kier molecular flexibility index (Phi) is 6.11. The van der Waals surface area contributed by atoms with Gasteiger partial charge in [0, 0.05) is 24.4 Å². The summed E-state index contributed by atoms with van der Waals surface area (Å²) in [6.45, 7) is 0.652. The van der Waals surface area contributed by atoms with E-state index in [4.69, 9.17) is 0 Å². The molecule has 27 heavy (non-hydrogen) atoms. The molecule has 0 aromatic heterocycles. The van der Waals surface area contributed by atoms with Crippen LogP contribution in [0.5, 0.6) is 0 Å². The molecule has 0 atom stereocenters. The second kappa shape index (κ2) is 8.12. The van der Waals surface area contributed by atoms with Crippen LogP contribution in [0.4, 0.5) is 25.8 Å². The van der Waals surface area contributed by atoms with E-state index in [9.17, 15) is 26.8 Å². The highest BCUT2D eigenvalue weighted by Crippen LogP contribution is 2.23. The zero-order valence-electron chi connectivity index (χ0n) is 14.5. The molecule has 2 amide bonds. The highest BCUT2D eigenvalue weighted by molar-refractivity contribution is 7.92. The highest BCUT2D eigenvalue weighted by Gasteiger charge is 2.24. The Labute approximate surface area is 155 Å². The van der Waals surface area contributed by atoms with Crippen molar-refractivity contribution in [2.75, 3.05) is 27.7 Å². The summed E-state index contributed by atoms with van der Waals surface area (Å²) in [7, 11) is -4.00. The van der Waals surface area contributed by atoms with Crippen molar-refractivity contribution in [1.29, 1.82) is 0 Å². The number of carbonyl (C=O) groups is 2. The van der Waals surface area contributed by atoms with Gasteiger partial charge < -0.3 is 10.6 Å². The number of nitrogens with one attached hydrogen (secondary N) is 2. The van der Waals surface area contributed by atoms with Crippen LogP contribution in [0.1, 0.15) is 6.92 Å². The first-order valence-corrected chi connectivity index (χ1v) is 9.51. The predicted molar refractivity (Wildman–Crippen MR) is 97.9 cm³/mol. The number of sulfonamides is 1. The molecular formula is C17H17F2N3O4S. The number of amides is 2. The molecule has 2 N–H and O–H groups in total. The molecule has 7 nitrogen and oxygen atoms in total. The lowest BCUT2D eigenvalue weighted by atomic mass is 10.2. The molecule has 0 bridgehead atoms. The molecule has 2 aromatic carbocycles. The molecular weight excluding hydrogens is 380 g/mol. The van der Waals surface area contributed by atoms with E-state index in [2.05, 4.69) is 10.6 Å². The maximum atomic E-state index is 13.9. The Morgan fingerprint density at radius 1 is 1.00 bits per heavy atom. The van der Waals surface area contributed by atoms with Gasteiger partial charge in [-0.15, -0.1) is 0 Å². The fraction of sp³-hybridized carbons (Fsp3) is 0.176. The van der Waals surface area contributed by atoms with E-state index in [1.165, 1.54) is 19.1 Å². The Bertz CT molecular complexity index is 963. The fourth-order valence-corrected chi connectivity index (χ4v) is 3.09. The van der Waals surface area contributed by atoms with Crippen LogP contribution in [0, 0.1) is 11.6 Å². The molecule has 0 fully saturated rings. The third-order valence-corrected chi connectivity index (χ3v) is 4.48. The highest BCUT2D eigenvalue weighted by atomic mass is 32.2. The first-order valence-electron chi connectivity index (χ1n) is 7.66. The molecule has 144 valence electrons. The molecule has 2 rings (SSSR count). The van der Waals surface area contributed by atoms with Crippen LogP contribution in [0.25, 0.3) is 0 Å². The number of rotatable bonds is 6. The van der Waals surface area contributed by atoms with Crippen molar-refractivity contribution in [3.63, 3.8) is 0 Å². The normalized spacial score (nSPS) is 11.0. The van der Waals surface area contributed by atoms with Gasteiger partial charge in [0.15, 0.2) is 0 Å². The number of hydrogen-bond acceptors (Lipinski definition) is 4. The second-order valence-corrected chi connectivity index (χ2v) is 7.58. The van der Waals surface area contributed by atoms with Crippen LogP contribution >= 0.6 is 0 Å². The summed E-state index contributed by atoms with van der Waals surface area (Å²) in [5.74, 6) is -2.95. The Morgan fingerprint density at radius 3 is 2.04 bits per heavy atom. The molecule has 0 saturated carbocycles. The van der Waals surface area contributed by atoms with Gasteiger partial charge in [-0.1, -0.05) is 0 Å². The standard InChI is InChI=1S/C17H17F2N3O4S/c1-11(23)20-13-4-6-14(7-5-13)21-17(24)10-22(27(2,25)26)16-8-3-12(18)9-15(16)19/h3-9H,10H2,1-2H3,(H,20,23)(H,21,24). The molecule has 0 saturated heterocycles. The Hall–Kier alpha value is -3.01. The molecule has 0 unspecified atom stereocenters. The zero-order chi connectivity index (χ0) is 20.2. The van der Waals surface area contributed by atoms with Gasteiger partial charge in [0.05, 0.1) is 11.9 Å². The van der Waals surface area contributed by atoms with Gasteiger partial charge in [0.2, 0.25) is 21.8 Å². The predicted octanol–water partition coefficient (Wildman–Crippen LogP) is 2.33. The van der Waals surface area contributed by atoms with Gasteiger partial charge in [-0.2, -0.15) is 0 Å². The number of benzene rings is 2. The summed E-state index contributed by atoms with van der Waals surface area (Å²) in [6.07, 6.45) is 0.811. The summed E-state index contributed by atoms with van der Waals surface area (Å²) in [6, 6.07) is 8.48. The quantitative estimate of drug-likeness (QED) is 0.782. The lowest BCUT2D eigenvalue weighted by molar-refractivity contribution is -0.115. The Balaban J connectivity index is 2.16. The van der Waals surface area contributed by atoms with Gasteiger partial charge in [-0.25, -0.2) is 17.2 Å². The maximum absolute atomic E-state index is 13.9. The largest absolute Gasteiger partial charge is 0.326 e. The average molecular weight is 397 g/mol. The molecule has 0 aliphatic carbocycles. The van der Waals surface area contributed by atoms with Crippen molar-refractivity contribution in [1.82, 2.24) is 0 Å². The third-order valence-electron chi connectivity index (χ3n) is 3.35. The Morgan fingerprint density at radius 2 is 1.56 bits per heavy atom. The molecule has 0 radical (unpaired) electrons. The third kappa shape index (κ3) is 5.74. The number of hydrogen-bond donors (Lipinski definition) is 2. The number of nitrogens with zero attached hydrogens (tertiary/aromatic N) is 1. The summed E-state index contributed by atoms with van der Waals surface area (Å²) >= 11 is 0. The molecule has 0 aliphatic heterocycles. The van der Waals surface area contributed by atoms with Gasteiger partial charge in [0.25, 0.3) is 0 Å². The maximum Gasteiger partial charge on any atom is 0.245 e. The molecule has 0 heterocycles. The summed E-state index contributed by atoms with van der Waals surface area (Å²) in [5, 5.41) is 5.03. The van der Waals surface area contributed by atoms with E-state index in [-0.39, 0.29) is 5.91 Å². The molecule has 10 heteroatoms. The minimum Gasteiger partial charge on any atom is -0.326 e. The summed E-state index contributed by atoms with van der Waals surface area (Å²) in [4.78, 5) is 23.2. The van der Waals surface area contributed by atoms with Crippen molar-refractivity contribution in [2.24, 2.45) is 0 Å². The van der Waals surface area contributed by atoms with E-state index < -0.39 is 39.8 Å². The van der Waals surface area contributed by atoms with Crippen molar-refractivity contribution >= 4 is 38.9 Å². The van der Waals surface area contributed by atoms with E-state index in [1.54, 1.807) is 12.1 Å². The number of halogens is 2. The van der Waals surface area contributed by atoms with Gasteiger partial charge >= 0.3 is 0 Å². The smallest absolute Gasteiger partial charge is 0.245 e. The van der Waals surface area contributed by atoms with Gasteiger partial charge in [-0.3, -0.25) is 13.9 Å². The number of carbonyl (C=O) groups excluding carboxylic acids is 2. The number of anilines is 3. The van der Waals surface area contributed by atoms with Crippen LogP contribution in [-0.2, 0) is 19.6 Å². The van der Waals surface area contributed by atoms with Crippen LogP contribution in [0.15, 0.2) is 42.5 Å². The van der Waals surface area contributed by atoms with Gasteiger partial charge in [0.1, 0.15) is 18.2 Å². The fourth-order valence-electron chi connectivity index (χ4n) is 2.24. The van der Waals surface area contributed by atoms with E-state index in [1.807, 2.05) is 0 Å².